The van der Waals surface area contributed by atoms with Gasteiger partial charge >= 0.3 is 0 Å². The molecule has 0 radical (unpaired) electrons. The first-order chi connectivity index (χ1) is 14.6. The lowest BCUT2D eigenvalue weighted by molar-refractivity contribution is -0.120. The van der Waals surface area contributed by atoms with E-state index in [2.05, 4.69) is 22.5 Å². The highest BCUT2D eigenvalue weighted by Crippen LogP contribution is 2.36. The number of aryl methyl sites for hydroxylation is 1. The molecule has 2 aliphatic rings. The molecule has 1 N–H and O–H groups in total. The highest BCUT2D eigenvalue weighted by Gasteiger charge is 2.34. The zero-order valence-electron chi connectivity index (χ0n) is 16.6. The maximum absolute atomic E-state index is 13.2. The molecular weight excluding hydrogens is 380 g/mol. The molecule has 0 spiro atoms. The second kappa shape index (κ2) is 7.33. The van der Waals surface area contributed by atoms with Crippen molar-refractivity contribution in [3.8, 4) is 5.75 Å². The Hall–Kier alpha value is -3.61. The lowest BCUT2D eigenvalue weighted by Crippen LogP contribution is -2.49. The number of likely N-dealkylation sites (N-methyl/N-ethyl adjacent to an activating group) is 1. The third-order valence-corrected chi connectivity index (χ3v) is 5.85. The number of hydrogen-bond donors (Lipinski definition) is 1. The van der Waals surface area contributed by atoms with Gasteiger partial charge < -0.3 is 15.0 Å². The van der Waals surface area contributed by atoms with E-state index in [1.165, 1.54) is 4.90 Å². The number of aromatic nitrogens is 2. The predicted octanol–water partition coefficient (Wildman–Crippen LogP) is 2.57. The van der Waals surface area contributed by atoms with Crippen LogP contribution in [0.5, 0.6) is 5.75 Å². The van der Waals surface area contributed by atoms with Crippen LogP contribution in [0.25, 0.3) is 0 Å². The fourth-order valence-corrected chi connectivity index (χ4v) is 4.31. The number of carbonyl (C=O) groups is 2. The van der Waals surface area contributed by atoms with Crippen LogP contribution in [-0.4, -0.2) is 41.3 Å². The first kappa shape index (κ1) is 18.4. The summed E-state index contributed by atoms with van der Waals surface area (Å²) in [4.78, 5) is 27.6. The summed E-state index contributed by atoms with van der Waals surface area (Å²) in [5.74, 6) is 0.222. The fourth-order valence-electron chi connectivity index (χ4n) is 4.31. The second-order valence-electron chi connectivity index (χ2n) is 7.62. The Morgan fingerprint density at radius 2 is 1.90 bits per heavy atom. The summed E-state index contributed by atoms with van der Waals surface area (Å²) in [6.07, 6.45) is 2.50. The van der Waals surface area contributed by atoms with Gasteiger partial charge in [0.05, 0.1) is 23.1 Å². The van der Waals surface area contributed by atoms with Gasteiger partial charge in [-0.3, -0.25) is 14.3 Å². The van der Waals surface area contributed by atoms with Crippen LogP contribution in [0.4, 0.5) is 5.69 Å². The van der Waals surface area contributed by atoms with Gasteiger partial charge in [0, 0.05) is 19.5 Å². The van der Waals surface area contributed by atoms with Crippen molar-refractivity contribution >= 4 is 17.5 Å². The van der Waals surface area contributed by atoms with Crippen LogP contribution in [0.1, 0.15) is 34.0 Å². The van der Waals surface area contributed by atoms with Crippen molar-refractivity contribution < 1.29 is 14.3 Å². The second-order valence-corrected chi connectivity index (χ2v) is 7.62. The molecule has 0 bridgehead atoms. The molecule has 5 rings (SSSR count). The average molecular weight is 402 g/mol. The van der Waals surface area contributed by atoms with E-state index >= 15 is 0 Å². The molecule has 7 heteroatoms. The van der Waals surface area contributed by atoms with Crippen molar-refractivity contribution in [2.45, 2.75) is 24.9 Å². The molecule has 3 aromatic rings. The molecule has 0 fully saturated rings. The molecule has 7 nitrogen and oxygen atoms in total. The molecule has 0 aliphatic carbocycles. The van der Waals surface area contributed by atoms with Gasteiger partial charge in [0.15, 0.2) is 0 Å². The number of anilines is 1. The van der Waals surface area contributed by atoms with Gasteiger partial charge in [0.1, 0.15) is 18.4 Å². The zero-order chi connectivity index (χ0) is 20.7. The standard InChI is InChI=1S/C23H22N4O3/c1-26-19-9-5-6-10-20(19)30-14-18(23(26)29)25-22(28)17-13-24-27-12-11-16(21(17)27)15-7-3-2-4-8-15/h2-10,13,16,18H,11-12,14H2,1H3,(H,25,28)/t16-,18+/m1/s1. The number of rotatable bonds is 3. The van der Waals surface area contributed by atoms with E-state index in [-0.39, 0.29) is 24.3 Å². The van der Waals surface area contributed by atoms with Gasteiger partial charge in [-0.2, -0.15) is 5.10 Å². The molecule has 1 aromatic heterocycles. The molecule has 2 atom stereocenters. The minimum Gasteiger partial charge on any atom is -0.489 e. The quantitative estimate of drug-likeness (QED) is 0.731. The number of ether oxygens (including phenoxy) is 1. The first-order valence-electron chi connectivity index (χ1n) is 10.0. The van der Waals surface area contributed by atoms with Gasteiger partial charge in [0.25, 0.3) is 11.8 Å². The molecule has 0 unspecified atom stereocenters. The number of fused-ring (bicyclic) bond motifs is 2. The van der Waals surface area contributed by atoms with Gasteiger partial charge in [-0.1, -0.05) is 42.5 Å². The topological polar surface area (TPSA) is 76.5 Å². The number of benzene rings is 2. The summed E-state index contributed by atoms with van der Waals surface area (Å²) < 4.78 is 7.69. The average Bonchev–Trinajstić information content (AvgIpc) is 3.36. The number of hydrogen-bond acceptors (Lipinski definition) is 4. The lowest BCUT2D eigenvalue weighted by atomic mass is 9.92. The van der Waals surface area contributed by atoms with Gasteiger partial charge in [0.2, 0.25) is 0 Å². The van der Waals surface area contributed by atoms with Crippen LogP contribution in [0.15, 0.2) is 60.8 Å². The summed E-state index contributed by atoms with van der Waals surface area (Å²) in [7, 11) is 1.69. The van der Waals surface area contributed by atoms with E-state index in [9.17, 15) is 9.59 Å². The number of para-hydroxylation sites is 2. The SMILES string of the molecule is CN1C(=O)[C@@H](NC(=O)c2cnn3c2[C@@H](c2ccccc2)CC3)COc2ccccc21. The third kappa shape index (κ3) is 3.03. The van der Waals surface area contributed by atoms with Crippen LogP contribution < -0.4 is 15.0 Å². The van der Waals surface area contributed by atoms with Crippen molar-refractivity contribution in [1.82, 2.24) is 15.1 Å². The largest absolute Gasteiger partial charge is 0.489 e. The summed E-state index contributed by atoms with van der Waals surface area (Å²) in [5.41, 5.74) is 3.26. The molecule has 30 heavy (non-hydrogen) atoms. The van der Waals surface area contributed by atoms with Gasteiger partial charge in [-0.15, -0.1) is 0 Å². The Kier molecular flexibility index (Phi) is 4.50. The number of carbonyl (C=O) groups excluding carboxylic acids is 2. The summed E-state index contributed by atoms with van der Waals surface area (Å²) in [5, 5.41) is 7.27. The summed E-state index contributed by atoms with van der Waals surface area (Å²) >= 11 is 0. The molecular formula is C23H22N4O3. The van der Waals surface area contributed by atoms with Crippen LogP contribution in [-0.2, 0) is 11.3 Å². The Morgan fingerprint density at radius 1 is 1.13 bits per heavy atom. The van der Waals surface area contributed by atoms with E-state index in [0.29, 0.717) is 17.0 Å². The van der Waals surface area contributed by atoms with E-state index < -0.39 is 6.04 Å². The van der Waals surface area contributed by atoms with Crippen molar-refractivity contribution in [3.05, 3.63) is 77.6 Å². The molecule has 2 aliphatic heterocycles. The maximum Gasteiger partial charge on any atom is 0.255 e. The molecule has 3 heterocycles. The minimum absolute atomic E-state index is 0.0809. The maximum atomic E-state index is 13.2. The minimum atomic E-state index is -0.776. The smallest absolute Gasteiger partial charge is 0.255 e. The highest BCUT2D eigenvalue weighted by molar-refractivity contribution is 6.03. The first-order valence-corrected chi connectivity index (χ1v) is 10.0. The van der Waals surface area contributed by atoms with Gasteiger partial charge in [-0.25, -0.2) is 0 Å². The monoisotopic (exact) mass is 402 g/mol. The number of nitrogens with zero attached hydrogens (tertiary/aromatic N) is 3. The fraction of sp³-hybridized carbons (Fsp3) is 0.261. The third-order valence-electron chi connectivity index (χ3n) is 5.85. The molecule has 152 valence electrons. The number of nitrogens with one attached hydrogen (secondary N) is 1. The van der Waals surface area contributed by atoms with Crippen molar-refractivity contribution in [2.75, 3.05) is 18.6 Å². The molecule has 2 aromatic carbocycles. The Labute approximate surface area is 174 Å². The predicted molar refractivity (Wildman–Crippen MR) is 112 cm³/mol. The van der Waals surface area contributed by atoms with Crippen LogP contribution >= 0.6 is 0 Å². The van der Waals surface area contributed by atoms with Crippen molar-refractivity contribution in [2.24, 2.45) is 0 Å². The van der Waals surface area contributed by atoms with E-state index in [0.717, 1.165) is 24.2 Å². The summed E-state index contributed by atoms with van der Waals surface area (Å²) in [6.45, 7) is 0.850. The lowest BCUT2D eigenvalue weighted by Gasteiger charge is -2.20. The van der Waals surface area contributed by atoms with Crippen LogP contribution in [0.3, 0.4) is 0 Å². The van der Waals surface area contributed by atoms with E-state index in [1.54, 1.807) is 13.2 Å². The van der Waals surface area contributed by atoms with Gasteiger partial charge in [-0.05, 0) is 24.1 Å². The zero-order valence-corrected chi connectivity index (χ0v) is 16.6. The highest BCUT2D eigenvalue weighted by atomic mass is 16.5. The summed E-state index contributed by atoms with van der Waals surface area (Å²) in [6, 6.07) is 16.7. The number of amides is 2. The Morgan fingerprint density at radius 3 is 2.73 bits per heavy atom. The Balaban J connectivity index is 1.39. The van der Waals surface area contributed by atoms with E-state index in [4.69, 9.17) is 4.74 Å². The van der Waals surface area contributed by atoms with Crippen molar-refractivity contribution in [1.29, 1.82) is 0 Å². The molecule has 0 saturated carbocycles. The van der Waals surface area contributed by atoms with Crippen LogP contribution in [0, 0.1) is 0 Å². The van der Waals surface area contributed by atoms with Crippen LogP contribution in [0.2, 0.25) is 0 Å². The van der Waals surface area contributed by atoms with Crippen molar-refractivity contribution in [3.63, 3.8) is 0 Å². The Bertz CT molecular complexity index is 1110. The van der Waals surface area contributed by atoms with E-state index in [1.807, 2.05) is 47.1 Å². The normalized spacial score (nSPS) is 20.2. The molecule has 0 saturated heterocycles. The molecule has 2 amide bonds.